The molecule has 4 N–H and O–H groups in total. The number of carboxylic acid groups (broad SMARTS) is 1. The van der Waals surface area contributed by atoms with E-state index in [1.807, 2.05) is 26.8 Å². The van der Waals surface area contributed by atoms with Crippen molar-refractivity contribution in [2.45, 2.75) is 83.3 Å². The molecule has 0 radical (unpaired) electrons. The molecule has 0 aromatic rings. The zero-order valence-electron chi connectivity index (χ0n) is 18.2. The number of hydrogen-bond acceptors (Lipinski definition) is 7. The molecule has 0 aromatic carbocycles. The van der Waals surface area contributed by atoms with E-state index in [9.17, 15) is 19.5 Å². The monoisotopic (exact) mass is 428 g/mol. The van der Waals surface area contributed by atoms with Gasteiger partial charge >= 0.3 is 5.97 Å². The van der Waals surface area contributed by atoms with Crippen molar-refractivity contribution >= 4 is 17.8 Å². The molecule has 2 fully saturated rings. The van der Waals surface area contributed by atoms with Crippen molar-refractivity contribution in [2.75, 3.05) is 7.11 Å². The van der Waals surface area contributed by atoms with Crippen LogP contribution < -0.4 is 10.6 Å². The smallest absolute Gasteiger partial charge is 0.326 e. The van der Waals surface area contributed by atoms with Crippen molar-refractivity contribution in [1.82, 2.24) is 10.6 Å². The lowest BCUT2D eigenvalue weighted by atomic mass is 9.93. The van der Waals surface area contributed by atoms with Gasteiger partial charge in [-0.3, -0.25) is 9.59 Å². The second-order valence-corrected chi connectivity index (χ2v) is 9.13. The van der Waals surface area contributed by atoms with Crippen LogP contribution in [0.15, 0.2) is 12.2 Å². The van der Waals surface area contributed by atoms with Crippen LogP contribution in [-0.2, 0) is 28.6 Å². The molecule has 0 spiro atoms. The highest BCUT2D eigenvalue weighted by molar-refractivity contribution is 5.94. The van der Waals surface area contributed by atoms with Gasteiger partial charge in [0.15, 0.2) is 11.9 Å². The van der Waals surface area contributed by atoms with Crippen LogP contribution in [0.25, 0.3) is 0 Å². The molecule has 10 heteroatoms. The van der Waals surface area contributed by atoms with Crippen LogP contribution in [0.5, 0.6) is 0 Å². The summed E-state index contributed by atoms with van der Waals surface area (Å²) >= 11 is 0. The molecule has 2 unspecified atom stereocenters. The number of carboxylic acids is 1. The molecular formula is C20H32N2O8. The second kappa shape index (κ2) is 9.01. The number of allylic oxidation sites excluding steroid dienone is 1. The quantitative estimate of drug-likeness (QED) is 0.431. The van der Waals surface area contributed by atoms with Crippen LogP contribution in [0.2, 0.25) is 0 Å². The summed E-state index contributed by atoms with van der Waals surface area (Å²) in [5.74, 6) is -3.57. The zero-order chi connectivity index (χ0) is 22.9. The van der Waals surface area contributed by atoms with E-state index in [1.165, 1.54) is 7.11 Å². The van der Waals surface area contributed by atoms with Crippen molar-refractivity contribution in [1.29, 1.82) is 0 Å². The molecule has 2 amide bonds. The van der Waals surface area contributed by atoms with Crippen molar-refractivity contribution in [2.24, 2.45) is 5.41 Å². The average Bonchev–Trinajstić information content (AvgIpc) is 2.97. The standard InChI is InChI=1S/C20H32N2O8/c1-19(2,3)8-7-12-13(23)14(30-20(4,5)29-12)15(28-6)17(25)21-10-9-11(18(26)27)22-16(10)24/h7-8,10-15,23H,9H2,1-6H3,(H,21,25)(H,22,24)(H,26,27)/b8-7+/t10?,11?,12-,13+,14-,15-/m1/s1. The molecular weight excluding hydrogens is 396 g/mol. The van der Waals surface area contributed by atoms with Gasteiger partial charge < -0.3 is 35.1 Å². The van der Waals surface area contributed by atoms with Gasteiger partial charge in [0.1, 0.15) is 30.4 Å². The maximum atomic E-state index is 12.8. The average molecular weight is 428 g/mol. The van der Waals surface area contributed by atoms with Crippen LogP contribution in [0.3, 0.4) is 0 Å². The third-order valence-electron chi connectivity index (χ3n) is 4.83. The Morgan fingerprint density at radius 1 is 1.33 bits per heavy atom. The molecule has 2 aliphatic rings. The van der Waals surface area contributed by atoms with Crippen molar-refractivity contribution < 1.29 is 38.8 Å². The fraction of sp³-hybridized carbons (Fsp3) is 0.750. The normalized spacial score (nSPS) is 32.6. The first-order valence-corrected chi connectivity index (χ1v) is 9.83. The Morgan fingerprint density at radius 3 is 2.47 bits per heavy atom. The molecule has 2 aliphatic heterocycles. The fourth-order valence-electron chi connectivity index (χ4n) is 3.39. The number of aliphatic carboxylic acids is 1. The van der Waals surface area contributed by atoms with Gasteiger partial charge in [0.25, 0.3) is 5.91 Å². The highest BCUT2D eigenvalue weighted by Gasteiger charge is 2.48. The summed E-state index contributed by atoms with van der Waals surface area (Å²) in [6.45, 7) is 9.33. The minimum atomic E-state index is -1.25. The molecule has 6 atom stereocenters. The van der Waals surface area contributed by atoms with E-state index in [2.05, 4.69) is 10.6 Å². The summed E-state index contributed by atoms with van der Waals surface area (Å²) in [7, 11) is 1.29. The van der Waals surface area contributed by atoms with E-state index < -0.39 is 60.1 Å². The Kier molecular flexibility index (Phi) is 7.28. The van der Waals surface area contributed by atoms with Crippen LogP contribution in [-0.4, -0.2) is 77.4 Å². The molecule has 2 rings (SSSR count). The van der Waals surface area contributed by atoms with Gasteiger partial charge in [-0.15, -0.1) is 0 Å². The van der Waals surface area contributed by atoms with Crippen LogP contribution in [0.1, 0.15) is 41.0 Å². The Bertz CT molecular complexity index is 699. The van der Waals surface area contributed by atoms with Crippen molar-refractivity contribution in [3.8, 4) is 0 Å². The number of aliphatic hydroxyl groups excluding tert-OH is 1. The van der Waals surface area contributed by atoms with Crippen molar-refractivity contribution in [3.63, 3.8) is 0 Å². The van der Waals surface area contributed by atoms with Crippen molar-refractivity contribution in [3.05, 3.63) is 12.2 Å². The summed E-state index contributed by atoms with van der Waals surface area (Å²) in [5.41, 5.74) is -0.143. The Labute approximate surface area is 175 Å². The fourth-order valence-corrected chi connectivity index (χ4v) is 3.39. The third kappa shape index (κ3) is 6.00. The first kappa shape index (κ1) is 24.3. The maximum Gasteiger partial charge on any atom is 0.326 e. The Balaban J connectivity index is 2.16. The van der Waals surface area contributed by atoms with E-state index in [0.717, 1.165) is 0 Å². The van der Waals surface area contributed by atoms with Gasteiger partial charge in [0.05, 0.1) is 0 Å². The lowest BCUT2D eigenvalue weighted by molar-refractivity contribution is -0.334. The van der Waals surface area contributed by atoms with Gasteiger partial charge in [0.2, 0.25) is 5.91 Å². The number of hydrogen-bond donors (Lipinski definition) is 4. The minimum absolute atomic E-state index is 0.0873. The molecule has 2 heterocycles. The molecule has 0 saturated carbocycles. The molecule has 30 heavy (non-hydrogen) atoms. The number of carbonyl (C=O) groups excluding carboxylic acids is 2. The molecule has 2 saturated heterocycles. The highest BCUT2D eigenvalue weighted by Crippen LogP contribution is 2.31. The summed E-state index contributed by atoms with van der Waals surface area (Å²) in [6, 6.07) is -2.09. The van der Waals surface area contributed by atoms with Gasteiger partial charge in [-0.05, 0) is 19.3 Å². The minimum Gasteiger partial charge on any atom is -0.480 e. The number of aliphatic hydroxyl groups is 1. The predicted molar refractivity (Wildman–Crippen MR) is 105 cm³/mol. The van der Waals surface area contributed by atoms with Gasteiger partial charge in [-0.25, -0.2) is 4.79 Å². The number of amides is 2. The number of ether oxygens (including phenoxy) is 3. The number of rotatable bonds is 6. The lowest BCUT2D eigenvalue weighted by Crippen LogP contribution is -2.61. The van der Waals surface area contributed by atoms with Gasteiger partial charge in [-0.1, -0.05) is 32.9 Å². The number of nitrogens with one attached hydrogen (secondary N) is 2. The Morgan fingerprint density at radius 2 is 1.97 bits per heavy atom. The van der Waals surface area contributed by atoms with E-state index in [0.29, 0.717) is 0 Å². The van der Waals surface area contributed by atoms with E-state index in [1.54, 1.807) is 19.9 Å². The predicted octanol–water partition coefficient (Wildman–Crippen LogP) is -0.0574. The molecule has 10 nitrogen and oxygen atoms in total. The number of carbonyl (C=O) groups is 3. The highest BCUT2D eigenvalue weighted by atomic mass is 16.7. The molecule has 0 bridgehead atoms. The number of methoxy groups -OCH3 is 1. The summed E-state index contributed by atoms with van der Waals surface area (Å²) in [4.78, 5) is 35.9. The first-order chi connectivity index (χ1) is 13.7. The summed E-state index contributed by atoms with van der Waals surface area (Å²) in [5, 5.41) is 24.7. The maximum absolute atomic E-state index is 12.8. The lowest BCUT2D eigenvalue weighted by Gasteiger charge is -2.45. The Hall–Kier alpha value is -2.01. The van der Waals surface area contributed by atoms with Gasteiger partial charge in [0, 0.05) is 13.5 Å². The van der Waals surface area contributed by atoms with Crippen LogP contribution in [0.4, 0.5) is 0 Å². The first-order valence-electron chi connectivity index (χ1n) is 9.83. The van der Waals surface area contributed by atoms with Gasteiger partial charge in [-0.2, -0.15) is 0 Å². The molecule has 0 aliphatic carbocycles. The SMILES string of the molecule is CO[C@@H](C(=O)NC1CC(C(=O)O)NC1=O)[C@@H]1OC(C)(C)O[C@H](/C=C/C(C)(C)C)[C@@H]1O. The topological polar surface area (TPSA) is 143 Å². The molecule has 170 valence electrons. The van der Waals surface area contributed by atoms with E-state index in [4.69, 9.17) is 19.3 Å². The third-order valence-corrected chi connectivity index (χ3v) is 4.83. The van der Waals surface area contributed by atoms with Crippen LogP contribution >= 0.6 is 0 Å². The zero-order valence-corrected chi connectivity index (χ0v) is 18.2. The summed E-state index contributed by atoms with van der Waals surface area (Å²) in [6.07, 6.45) is -0.731. The summed E-state index contributed by atoms with van der Waals surface area (Å²) < 4.78 is 16.9. The largest absolute Gasteiger partial charge is 0.480 e. The van der Waals surface area contributed by atoms with E-state index in [-0.39, 0.29) is 11.8 Å². The molecule has 0 aromatic heterocycles. The van der Waals surface area contributed by atoms with E-state index >= 15 is 0 Å². The van der Waals surface area contributed by atoms with Crippen LogP contribution in [0, 0.1) is 5.41 Å². The second-order valence-electron chi connectivity index (χ2n) is 9.13.